The number of alkyl halides is 1. The standard InChI is InChI=1S/C22H33ClN4O/c1-18(19-7-9-20(10-8-19)28-17-21(23)25(2)3)22-24-11-14-27(22)16-15-26-12-5-4-6-13-26/h7-11,14,18,21H,4-6,12-13,15-17H2,1-3H3. The van der Waals surface area contributed by atoms with Crippen molar-refractivity contribution in [2.45, 2.75) is 44.1 Å². The minimum atomic E-state index is -0.133. The summed E-state index contributed by atoms with van der Waals surface area (Å²) >= 11 is 6.20. The number of aromatic nitrogens is 2. The van der Waals surface area contributed by atoms with Crippen LogP contribution in [0.25, 0.3) is 0 Å². The molecule has 0 saturated carbocycles. The molecule has 0 bridgehead atoms. The van der Waals surface area contributed by atoms with E-state index in [9.17, 15) is 0 Å². The number of benzene rings is 1. The smallest absolute Gasteiger partial charge is 0.119 e. The van der Waals surface area contributed by atoms with Gasteiger partial charge in [-0.15, -0.1) is 11.6 Å². The van der Waals surface area contributed by atoms with E-state index in [1.807, 2.05) is 37.3 Å². The molecule has 2 unspecified atom stereocenters. The van der Waals surface area contributed by atoms with Crippen LogP contribution < -0.4 is 4.74 Å². The highest BCUT2D eigenvalue weighted by Gasteiger charge is 2.16. The Balaban J connectivity index is 1.58. The molecule has 2 aromatic rings. The fourth-order valence-electron chi connectivity index (χ4n) is 3.64. The van der Waals surface area contributed by atoms with E-state index in [1.54, 1.807) is 0 Å². The van der Waals surface area contributed by atoms with E-state index < -0.39 is 0 Å². The van der Waals surface area contributed by atoms with E-state index >= 15 is 0 Å². The zero-order valence-electron chi connectivity index (χ0n) is 17.4. The second-order valence-corrected chi connectivity index (χ2v) is 8.38. The summed E-state index contributed by atoms with van der Waals surface area (Å²) in [5.74, 6) is 2.21. The molecule has 0 radical (unpaired) electrons. The predicted octanol–water partition coefficient (Wildman–Crippen LogP) is 4.03. The molecular formula is C22H33ClN4O. The summed E-state index contributed by atoms with van der Waals surface area (Å²) in [5.41, 5.74) is 1.11. The molecule has 5 nitrogen and oxygen atoms in total. The van der Waals surface area contributed by atoms with Gasteiger partial charge in [0.05, 0.1) is 0 Å². The molecule has 28 heavy (non-hydrogen) atoms. The average molecular weight is 405 g/mol. The number of hydrogen-bond acceptors (Lipinski definition) is 4. The lowest BCUT2D eigenvalue weighted by Gasteiger charge is -2.27. The van der Waals surface area contributed by atoms with Gasteiger partial charge in [-0.2, -0.15) is 0 Å². The molecule has 0 aliphatic carbocycles. The van der Waals surface area contributed by atoms with Gasteiger partial charge in [0.25, 0.3) is 0 Å². The summed E-state index contributed by atoms with van der Waals surface area (Å²) in [6.07, 6.45) is 8.07. The zero-order chi connectivity index (χ0) is 19.9. The molecule has 1 aromatic carbocycles. The van der Waals surface area contributed by atoms with E-state index in [0.29, 0.717) is 6.61 Å². The Bertz CT molecular complexity index is 710. The van der Waals surface area contributed by atoms with Gasteiger partial charge in [-0.25, -0.2) is 4.98 Å². The van der Waals surface area contributed by atoms with Crippen molar-refractivity contribution in [2.75, 3.05) is 40.3 Å². The summed E-state index contributed by atoms with van der Waals surface area (Å²) < 4.78 is 8.09. The van der Waals surface area contributed by atoms with E-state index in [0.717, 1.165) is 24.7 Å². The van der Waals surface area contributed by atoms with Crippen LogP contribution in [0.5, 0.6) is 5.75 Å². The largest absolute Gasteiger partial charge is 0.491 e. The van der Waals surface area contributed by atoms with Crippen LogP contribution in [0.15, 0.2) is 36.7 Å². The van der Waals surface area contributed by atoms with E-state index in [-0.39, 0.29) is 11.4 Å². The zero-order valence-corrected chi connectivity index (χ0v) is 18.1. The van der Waals surface area contributed by atoms with Crippen molar-refractivity contribution in [3.8, 4) is 5.75 Å². The van der Waals surface area contributed by atoms with Crippen LogP contribution in [0.2, 0.25) is 0 Å². The van der Waals surface area contributed by atoms with Crippen LogP contribution >= 0.6 is 11.6 Å². The third-order valence-corrected chi connectivity index (χ3v) is 6.09. The molecule has 154 valence electrons. The number of likely N-dealkylation sites (N-methyl/N-ethyl adjacent to an activating group) is 1. The van der Waals surface area contributed by atoms with Gasteiger partial charge >= 0.3 is 0 Å². The Labute approximate surface area is 174 Å². The molecule has 0 spiro atoms. The summed E-state index contributed by atoms with van der Waals surface area (Å²) in [5, 5.41) is 0. The number of nitrogens with zero attached hydrogens (tertiary/aromatic N) is 4. The third-order valence-electron chi connectivity index (χ3n) is 5.57. The lowest BCUT2D eigenvalue weighted by molar-refractivity contribution is 0.220. The lowest BCUT2D eigenvalue weighted by Crippen LogP contribution is -2.32. The Morgan fingerprint density at radius 1 is 1.11 bits per heavy atom. The second kappa shape index (κ2) is 10.3. The number of imidazole rings is 1. The topological polar surface area (TPSA) is 33.5 Å². The first-order chi connectivity index (χ1) is 13.5. The lowest BCUT2D eigenvalue weighted by atomic mass is 10.0. The van der Waals surface area contributed by atoms with Crippen LogP contribution in [0, 0.1) is 0 Å². The summed E-state index contributed by atoms with van der Waals surface area (Å²) in [4.78, 5) is 9.15. The fraction of sp³-hybridized carbons (Fsp3) is 0.591. The molecule has 0 amide bonds. The van der Waals surface area contributed by atoms with Gasteiger partial charge in [-0.05, 0) is 57.7 Å². The normalized spacial score (nSPS) is 17.6. The molecule has 1 saturated heterocycles. The second-order valence-electron chi connectivity index (χ2n) is 7.88. The Morgan fingerprint density at radius 2 is 1.82 bits per heavy atom. The van der Waals surface area contributed by atoms with Crippen LogP contribution in [-0.4, -0.2) is 65.2 Å². The summed E-state index contributed by atoms with van der Waals surface area (Å²) in [6.45, 7) is 7.26. The third kappa shape index (κ3) is 5.72. The maximum Gasteiger partial charge on any atom is 0.119 e. The molecule has 1 fully saturated rings. The predicted molar refractivity (Wildman–Crippen MR) is 115 cm³/mol. The summed E-state index contributed by atoms with van der Waals surface area (Å²) in [6, 6.07) is 8.29. The highest BCUT2D eigenvalue weighted by Crippen LogP contribution is 2.25. The number of ether oxygens (including phenoxy) is 1. The van der Waals surface area contributed by atoms with Gasteiger partial charge in [0.15, 0.2) is 0 Å². The van der Waals surface area contributed by atoms with Crippen LogP contribution in [-0.2, 0) is 6.54 Å². The minimum absolute atomic E-state index is 0.133. The van der Waals surface area contributed by atoms with E-state index in [2.05, 4.69) is 39.7 Å². The van der Waals surface area contributed by atoms with Crippen molar-refractivity contribution in [3.63, 3.8) is 0 Å². The molecule has 2 atom stereocenters. The van der Waals surface area contributed by atoms with Crippen molar-refractivity contribution in [2.24, 2.45) is 0 Å². The number of piperidine rings is 1. The first-order valence-electron chi connectivity index (χ1n) is 10.3. The quantitative estimate of drug-likeness (QED) is 0.466. The molecule has 3 rings (SSSR count). The van der Waals surface area contributed by atoms with Crippen molar-refractivity contribution >= 4 is 11.6 Å². The molecule has 1 aromatic heterocycles. The van der Waals surface area contributed by atoms with Crippen molar-refractivity contribution < 1.29 is 4.74 Å². The van der Waals surface area contributed by atoms with Gasteiger partial charge in [0, 0.05) is 31.4 Å². The number of likely N-dealkylation sites (tertiary alicyclic amines) is 1. The van der Waals surface area contributed by atoms with E-state index in [1.165, 1.54) is 37.9 Å². The van der Waals surface area contributed by atoms with Crippen molar-refractivity contribution in [1.29, 1.82) is 0 Å². The number of hydrogen-bond donors (Lipinski definition) is 0. The first kappa shape index (κ1) is 21.2. The van der Waals surface area contributed by atoms with Gasteiger partial charge in [0.2, 0.25) is 0 Å². The fourth-order valence-corrected chi connectivity index (χ4v) is 3.70. The SMILES string of the molecule is CC(c1ccc(OCC(Cl)N(C)C)cc1)c1nccn1CCN1CCCCC1. The van der Waals surface area contributed by atoms with Gasteiger partial charge in [-0.3, -0.25) is 4.90 Å². The molecule has 6 heteroatoms. The Hall–Kier alpha value is -1.56. The van der Waals surface area contributed by atoms with Crippen LogP contribution in [0.4, 0.5) is 0 Å². The Morgan fingerprint density at radius 3 is 2.50 bits per heavy atom. The number of rotatable bonds is 9. The minimum Gasteiger partial charge on any atom is -0.491 e. The van der Waals surface area contributed by atoms with Gasteiger partial charge in [-0.1, -0.05) is 25.5 Å². The van der Waals surface area contributed by atoms with E-state index in [4.69, 9.17) is 16.3 Å². The van der Waals surface area contributed by atoms with Crippen molar-refractivity contribution in [1.82, 2.24) is 19.4 Å². The maximum absolute atomic E-state index is 6.20. The monoisotopic (exact) mass is 404 g/mol. The number of halogens is 1. The maximum atomic E-state index is 6.20. The van der Waals surface area contributed by atoms with Crippen molar-refractivity contribution in [3.05, 3.63) is 48.0 Å². The Kier molecular flexibility index (Phi) is 7.77. The average Bonchev–Trinajstić information content (AvgIpc) is 3.19. The first-order valence-corrected chi connectivity index (χ1v) is 10.7. The molecule has 0 N–H and O–H groups in total. The van der Waals surface area contributed by atoms with Gasteiger partial charge in [0.1, 0.15) is 23.7 Å². The van der Waals surface area contributed by atoms with Crippen LogP contribution in [0.1, 0.15) is 43.5 Å². The molecule has 2 heterocycles. The highest BCUT2D eigenvalue weighted by atomic mass is 35.5. The van der Waals surface area contributed by atoms with Gasteiger partial charge < -0.3 is 14.2 Å². The molecule has 1 aliphatic heterocycles. The highest BCUT2D eigenvalue weighted by molar-refractivity contribution is 6.20. The summed E-state index contributed by atoms with van der Waals surface area (Å²) in [7, 11) is 3.89. The molecular weight excluding hydrogens is 372 g/mol. The van der Waals surface area contributed by atoms with Crippen LogP contribution in [0.3, 0.4) is 0 Å². The molecule has 1 aliphatic rings.